The van der Waals surface area contributed by atoms with E-state index in [9.17, 15) is 0 Å². The summed E-state index contributed by atoms with van der Waals surface area (Å²) in [7, 11) is 1.85. The van der Waals surface area contributed by atoms with Gasteiger partial charge in [-0.05, 0) is 46.6 Å². The molecule has 4 rings (SSSR count). The Morgan fingerprint density at radius 2 is 2.05 bits per heavy atom. The zero-order valence-corrected chi connectivity index (χ0v) is 11.7. The van der Waals surface area contributed by atoms with Crippen molar-refractivity contribution >= 4 is 11.0 Å². The van der Waals surface area contributed by atoms with Crippen LogP contribution in [0, 0.1) is 11.8 Å². The highest BCUT2D eigenvalue weighted by molar-refractivity contribution is 5.76. The highest BCUT2D eigenvalue weighted by Crippen LogP contribution is 2.39. The number of nitrogens with zero attached hydrogens (tertiary/aromatic N) is 3. The van der Waals surface area contributed by atoms with E-state index in [2.05, 4.69) is 21.3 Å². The van der Waals surface area contributed by atoms with Crippen molar-refractivity contribution in [2.75, 3.05) is 20.2 Å². The van der Waals surface area contributed by atoms with Gasteiger partial charge in [0.1, 0.15) is 11.0 Å². The molecule has 2 aliphatic rings. The van der Waals surface area contributed by atoms with Crippen molar-refractivity contribution < 1.29 is 9.37 Å². The van der Waals surface area contributed by atoms with Gasteiger partial charge in [0.2, 0.25) is 0 Å². The van der Waals surface area contributed by atoms with Gasteiger partial charge in [0.15, 0.2) is 0 Å². The average molecular weight is 273 g/mol. The summed E-state index contributed by atoms with van der Waals surface area (Å²) in [6.07, 6.45) is 3.07. The van der Waals surface area contributed by atoms with Crippen LogP contribution in [0.1, 0.15) is 18.4 Å². The first kappa shape index (κ1) is 12.3. The van der Waals surface area contributed by atoms with E-state index in [1.54, 1.807) is 0 Å². The molecule has 20 heavy (non-hydrogen) atoms. The van der Waals surface area contributed by atoms with Crippen LogP contribution in [-0.4, -0.2) is 41.5 Å². The summed E-state index contributed by atoms with van der Waals surface area (Å²) >= 11 is 0. The number of hydrogen-bond acceptors (Lipinski definition) is 5. The van der Waals surface area contributed by atoms with E-state index in [1.807, 2.05) is 19.2 Å². The van der Waals surface area contributed by atoms with Crippen molar-refractivity contribution in [1.82, 2.24) is 15.2 Å². The number of hydrogen-bond donors (Lipinski definition) is 0. The third kappa shape index (κ3) is 1.93. The summed E-state index contributed by atoms with van der Waals surface area (Å²) in [6, 6.07) is 6.09. The molecule has 1 aliphatic carbocycles. The maximum absolute atomic E-state index is 5.67. The van der Waals surface area contributed by atoms with Crippen molar-refractivity contribution in [1.29, 1.82) is 0 Å². The Kier molecular flexibility index (Phi) is 2.97. The molecule has 2 fully saturated rings. The molecule has 1 aromatic heterocycles. The zero-order chi connectivity index (χ0) is 13.5. The lowest BCUT2D eigenvalue weighted by Crippen LogP contribution is -2.45. The van der Waals surface area contributed by atoms with Crippen LogP contribution in [0.3, 0.4) is 0 Å². The highest BCUT2D eigenvalue weighted by atomic mass is 16.6. The molecule has 5 heteroatoms. The fourth-order valence-electron chi connectivity index (χ4n) is 4.01. The van der Waals surface area contributed by atoms with Gasteiger partial charge in [-0.2, -0.15) is 0 Å². The number of benzene rings is 1. The molecular weight excluding hydrogens is 254 g/mol. The van der Waals surface area contributed by atoms with Gasteiger partial charge in [0.25, 0.3) is 0 Å². The van der Waals surface area contributed by atoms with Crippen LogP contribution >= 0.6 is 0 Å². The number of ether oxygens (including phenoxy) is 1. The molecule has 1 aromatic carbocycles. The van der Waals surface area contributed by atoms with Crippen molar-refractivity contribution in [3.05, 3.63) is 23.8 Å². The quantitative estimate of drug-likeness (QED) is 0.857. The van der Waals surface area contributed by atoms with Crippen LogP contribution in [0.5, 0.6) is 0 Å². The van der Waals surface area contributed by atoms with E-state index in [4.69, 9.17) is 9.37 Å². The Hall–Kier alpha value is -1.46. The Balaban J connectivity index is 1.54. The normalized spacial score (nSPS) is 30.1. The van der Waals surface area contributed by atoms with E-state index in [0.717, 1.165) is 30.7 Å². The van der Waals surface area contributed by atoms with Gasteiger partial charge in [-0.25, -0.2) is 4.63 Å². The van der Waals surface area contributed by atoms with Crippen LogP contribution in [0.25, 0.3) is 11.0 Å². The second kappa shape index (κ2) is 4.82. The van der Waals surface area contributed by atoms with E-state index in [-0.39, 0.29) is 0 Å². The predicted molar refractivity (Wildman–Crippen MR) is 74.1 cm³/mol. The molecule has 2 atom stereocenters. The molecule has 0 amide bonds. The number of aromatic nitrogens is 2. The smallest absolute Gasteiger partial charge is 0.139 e. The van der Waals surface area contributed by atoms with Crippen LogP contribution < -0.4 is 0 Å². The maximum atomic E-state index is 5.67. The van der Waals surface area contributed by atoms with Crippen LogP contribution in [0.15, 0.2) is 22.8 Å². The first-order chi connectivity index (χ1) is 9.85. The fourth-order valence-corrected chi connectivity index (χ4v) is 4.01. The molecule has 2 unspecified atom stereocenters. The van der Waals surface area contributed by atoms with Crippen molar-refractivity contribution in [2.45, 2.75) is 25.5 Å². The predicted octanol–water partition coefficient (Wildman–Crippen LogP) is 2.08. The lowest BCUT2D eigenvalue weighted by atomic mass is 9.94. The summed E-state index contributed by atoms with van der Waals surface area (Å²) in [6.45, 7) is 3.17. The fraction of sp³-hybridized carbons (Fsp3) is 0.600. The summed E-state index contributed by atoms with van der Waals surface area (Å²) in [4.78, 5) is 2.53. The van der Waals surface area contributed by atoms with Gasteiger partial charge < -0.3 is 4.74 Å². The lowest BCUT2D eigenvalue weighted by Gasteiger charge is -2.37. The molecule has 2 aromatic rings. The SMILES string of the molecule is COC1C2CCC1CN(Cc1cccc3nonc13)C2. The summed E-state index contributed by atoms with van der Waals surface area (Å²) in [5, 5.41) is 7.95. The number of fused-ring (bicyclic) bond motifs is 3. The summed E-state index contributed by atoms with van der Waals surface area (Å²) < 4.78 is 10.5. The van der Waals surface area contributed by atoms with E-state index >= 15 is 0 Å². The standard InChI is InChI=1S/C15H19N3O2/c1-19-15-11-5-6-12(15)9-18(8-11)7-10-3-2-4-13-14(10)17-20-16-13/h2-4,11-12,15H,5-9H2,1H3. The van der Waals surface area contributed by atoms with Crippen LogP contribution in [0.4, 0.5) is 0 Å². The van der Waals surface area contributed by atoms with Gasteiger partial charge in [-0.3, -0.25) is 4.90 Å². The summed E-state index contributed by atoms with van der Waals surface area (Å²) in [5.74, 6) is 1.38. The summed E-state index contributed by atoms with van der Waals surface area (Å²) in [5.41, 5.74) is 2.95. The van der Waals surface area contributed by atoms with Crippen molar-refractivity contribution in [3.63, 3.8) is 0 Å². The van der Waals surface area contributed by atoms with Crippen molar-refractivity contribution in [2.24, 2.45) is 11.8 Å². The number of piperidine rings is 1. The van der Waals surface area contributed by atoms with Gasteiger partial charge in [-0.1, -0.05) is 12.1 Å². The number of likely N-dealkylation sites (tertiary alicyclic amines) is 1. The van der Waals surface area contributed by atoms with Crippen LogP contribution in [0.2, 0.25) is 0 Å². The molecule has 0 spiro atoms. The Labute approximate surface area is 117 Å². The van der Waals surface area contributed by atoms with E-state index in [0.29, 0.717) is 17.9 Å². The molecule has 1 saturated carbocycles. The molecule has 0 N–H and O–H groups in total. The minimum atomic E-state index is 0.468. The monoisotopic (exact) mass is 273 g/mol. The molecule has 1 aliphatic heterocycles. The van der Waals surface area contributed by atoms with Gasteiger partial charge in [-0.15, -0.1) is 0 Å². The highest BCUT2D eigenvalue weighted by Gasteiger charge is 2.42. The van der Waals surface area contributed by atoms with Gasteiger partial charge >= 0.3 is 0 Å². The first-order valence-electron chi connectivity index (χ1n) is 7.30. The number of rotatable bonds is 3. The third-order valence-corrected chi connectivity index (χ3v) is 4.86. The Morgan fingerprint density at radius 1 is 1.25 bits per heavy atom. The van der Waals surface area contributed by atoms with Crippen molar-refractivity contribution in [3.8, 4) is 0 Å². The minimum absolute atomic E-state index is 0.468. The zero-order valence-electron chi connectivity index (χ0n) is 11.7. The van der Waals surface area contributed by atoms with Gasteiger partial charge in [0.05, 0.1) is 6.10 Å². The molecule has 2 heterocycles. The molecule has 2 bridgehead atoms. The maximum Gasteiger partial charge on any atom is 0.139 e. The number of methoxy groups -OCH3 is 1. The molecule has 106 valence electrons. The second-order valence-electron chi connectivity index (χ2n) is 6.04. The molecule has 1 saturated heterocycles. The van der Waals surface area contributed by atoms with E-state index in [1.165, 1.54) is 18.4 Å². The Morgan fingerprint density at radius 3 is 2.80 bits per heavy atom. The minimum Gasteiger partial charge on any atom is -0.381 e. The molecule has 0 radical (unpaired) electrons. The topological polar surface area (TPSA) is 51.4 Å². The van der Waals surface area contributed by atoms with Gasteiger partial charge in [0, 0.05) is 26.7 Å². The van der Waals surface area contributed by atoms with E-state index < -0.39 is 0 Å². The third-order valence-electron chi connectivity index (χ3n) is 4.86. The molecular formula is C15H19N3O2. The first-order valence-corrected chi connectivity index (χ1v) is 7.30. The second-order valence-corrected chi connectivity index (χ2v) is 6.04. The Bertz CT molecular complexity index is 598. The lowest BCUT2D eigenvalue weighted by molar-refractivity contribution is -0.0179. The molecule has 5 nitrogen and oxygen atoms in total. The average Bonchev–Trinajstić information content (AvgIpc) is 3.02. The van der Waals surface area contributed by atoms with Crippen LogP contribution in [-0.2, 0) is 11.3 Å². The largest absolute Gasteiger partial charge is 0.381 e.